The molecule has 0 aliphatic carbocycles. The number of carboxylic acids is 1. The molecule has 0 saturated carbocycles. The third-order valence-electron chi connectivity index (χ3n) is 2.51. The maximum atomic E-state index is 10.6. The highest BCUT2D eigenvalue weighted by molar-refractivity contribution is 5.83. The van der Waals surface area contributed by atoms with Gasteiger partial charge in [-0.2, -0.15) is 18.4 Å². The molecule has 0 bridgehead atoms. The van der Waals surface area contributed by atoms with Crippen LogP contribution in [0.1, 0.15) is 11.6 Å². The van der Waals surface area contributed by atoms with E-state index in [4.69, 9.17) is 20.9 Å². The van der Waals surface area contributed by atoms with Gasteiger partial charge in [0.1, 0.15) is 6.04 Å². The molecule has 0 heterocycles. The Morgan fingerprint density at radius 2 is 1.71 bits per heavy atom. The Hall–Kier alpha value is -2.59. The van der Waals surface area contributed by atoms with Gasteiger partial charge in [-0.3, -0.25) is 0 Å². The lowest BCUT2D eigenvalue weighted by molar-refractivity contribution is -0.192. The van der Waals surface area contributed by atoms with Gasteiger partial charge in [-0.1, -0.05) is 36.4 Å². The van der Waals surface area contributed by atoms with E-state index < -0.39 is 18.2 Å². The van der Waals surface area contributed by atoms with Crippen LogP contribution in [-0.2, 0) is 4.79 Å². The molecule has 7 heteroatoms. The SMILES string of the molecule is N#CC(N)c1ccc2ccccc2c1.O=C(O)C(F)(F)F. The van der Waals surface area contributed by atoms with Crippen LogP contribution in [0.2, 0.25) is 0 Å². The topological polar surface area (TPSA) is 87.1 Å². The van der Waals surface area contributed by atoms with Gasteiger partial charge in [0.05, 0.1) is 6.07 Å². The Morgan fingerprint density at radius 3 is 2.19 bits per heavy atom. The predicted molar refractivity (Wildman–Crippen MR) is 70.2 cm³/mol. The van der Waals surface area contributed by atoms with Crippen molar-refractivity contribution in [3.05, 3.63) is 48.0 Å². The largest absolute Gasteiger partial charge is 0.490 e. The Bertz CT molecular complexity index is 678. The van der Waals surface area contributed by atoms with Crippen molar-refractivity contribution in [2.75, 3.05) is 0 Å². The number of nitrogens with two attached hydrogens (primary N) is 1. The number of nitrogens with zero attached hydrogens (tertiary/aromatic N) is 1. The van der Waals surface area contributed by atoms with Gasteiger partial charge in [0.25, 0.3) is 0 Å². The predicted octanol–water partition coefficient (Wildman–Crippen LogP) is 3.00. The lowest BCUT2D eigenvalue weighted by atomic mass is 10.0. The number of alkyl halides is 3. The van der Waals surface area contributed by atoms with Crippen LogP contribution in [0.25, 0.3) is 10.8 Å². The van der Waals surface area contributed by atoms with Crippen molar-refractivity contribution >= 4 is 16.7 Å². The molecule has 4 nitrogen and oxygen atoms in total. The molecular weight excluding hydrogens is 285 g/mol. The summed E-state index contributed by atoms with van der Waals surface area (Å²) in [6, 6.07) is 15.4. The fourth-order valence-corrected chi connectivity index (χ4v) is 1.48. The molecule has 2 aromatic rings. The van der Waals surface area contributed by atoms with E-state index in [-0.39, 0.29) is 0 Å². The van der Waals surface area contributed by atoms with Crippen LogP contribution in [0, 0.1) is 11.3 Å². The number of benzene rings is 2. The van der Waals surface area contributed by atoms with Crippen LogP contribution < -0.4 is 5.73 Å². The summed E-state index contributed by atoms with van der Waals surface area (Å²) in [7, 11) is 0. The minimum Gasteiger partial charge on any atom is -0.475 e. The van der Waals surface area contributed by atoms with Gasteiger partial charge < -0.3 is 10.8 Å². The van der Waals surface area contributed by atoms with E-state index in [1.165, 1.54) is 5.39 Å². The first-order chi connectivity index (χ1) is 9.75. The molecule has 1 unspecified atom stereocenters. The van der Waals surface area contributed by atoms with E-state index in [2.05, 4.69) is 0 Å². The van der Waals surface area contributed by atoms with Crippen molar-refractivity contribution in [2.45, 2.75) is 12.2 Å². The van der Waals surface area contributed by atoms with Crippen molar-refractivity contribution in [2.24, 2.45) is 5.73 Å². The van der Waals surface area contributed by atoms with Crippen LogP contribution in [0.3, 0.4) is 0 Å². The van der Waals surface area contributed by atoms with E-state index in [1.54, 1.807) is 0 Å². The molecule has 0 amide bonds. The monoisotopic (exact) mass is 296 g/mol. The number of hydrogen-bond acceptors (Lipinski definition) is 3. The number of carbonyl (C=O) groups is 1. The summed E-state index contributed by atoms with van der Waals surface area (Å²) < 4.78 is 31.7. The number of carboxylic acid groups (broad SMARTS) is 1. The van der Waals surface area contributed by atoms with E-state index in [1.807, 2.05) is 48.5 Å². The third kappa shape index (κ3) is 4.78. The summed E-state index contributed by atoms with van der Waals surface area (Å²) in [4.78, 5) is 8.90. The van der Waals surface area contributed by atoms with Crippen LogP contribution in [0.4, 0.5) is 13.2 Å². The molecule has 3 N–H and O–H groups in total. The second kappa shape index (κ2) is 6.72. The highest BCUT2D eigenvalue weighted by Gasteiger charge is 2.38. The lowest BCUT2D eigenvalue weighted by Gasteiger charge is -2.04. The molecule has 0 fully saturated rings. The van der Waals surface area contributed by atoms with Crippen molar-refractivity contribution in [1.29, 1.82) is 5.26 Å². The smallest absolute Gasteiger partial charge is 0.475 e. The zero-order valence-corrected chi connectivity index (χ0v) is 10.6. The average Bonchev–Trinajstić information content (AvgIpc) is 2.45. The number of hydrogen-bond donors (Lipinski definition) is 2. The van der Waals surface area contributed by atoms with Gasteiger partial charge in [-0.25, -0.2) is 4.79 Å². The summed E-state index contributed by atoms with van der Waals surface area (Å²) >= 11 is 0. The first kappa shape index (κ1) is 16.5. The number of aliphatic carboxylic acids is 1. The van der Waals surface area contributed by atoms with Crippen LogP contribution in [0.5, 0.6) is 0 Å². The van der Waals surface area contributed by atoms with E-state index in [0.29, 0.717) is 0 Å². The van der Waals surface area contributed by atoms with Crippen molar-refractivity contribution in [3.8, 4) is 6.07 Å². The van der Waals surface area contributed by atoms with Crippen molar-refractivity contribution in [1.82, 2.24) is 0 Å². The van der Waals surface area contributed by atoms with E-state index in [0.717, 1.165) is 10.9 Å². The molecule has 2 rings (SSSR count). The van der Waals surface area contributed by atoms with Gasteiger partial charge >= 0.3 is 12.1 Å². The maximum Gasteiger partial charge on any atom is 0.490 e. The Morgan fingerprint density at radius 1 is 1.19 bits per heavy atom. The van der Waals surface area contributed by atoms with E-state index in [9.17, 15) is 13.2 Å². The standard InChI is InChI=1S/C12H10N2.C2HF3O2/c13-8-12(14)11-6-5-9-3-1-2-4-10(9)7-11;3-2(4,5)1(6)7/h1-7,12H,14H2;(H,6,7). The summed E-state index contributed by atoms with van der Waals surface area (Å²) in [6.45, 7) is 0. The molecule has 1 atom stereocenters. The molecule has 0 aromatic heterocycles. The number of rotatable bonds is 1. The van der Waals surface area contributed by atoms with Crippen LogP contribution in [0.15, 0.2) is 42.5 Å². The molecule has 2 aromatic carbocycles. The zero-order chi connectivity index (χ0) is 16.0. The molecule has 110 valence electrons. The fraction of sp³-hybridized carbons (Fsp3) is 0.143. The van der Waals surface area contributed by atoms with Crippen LogP contribution in [-0.4, -0.2) is 17.3 Å². The number of halogens is 3. The maximum absolute atomic E-state index is 10.6. The second-order valence-corrected chi connectivity index (χ2v) is 4.02. The first-order valence-electron chi connectivity index (χ1n) is 5.69. The first-order valence-corrected chi connectivity index (χ1v) is 5.69. The third-order valence-corrected chi connectivity index (χ3v) is 2.51. The van der Waals surface area contributed by atoms with Crippen molar-refractivity contribution < 1.29 is 23.1 Å². The molecule has 0 radical (unpaired) electrons. The summed E-state index contributed by atoms with van der Waals surface area (Å²) in [6.07, 6.45) is -5.08. The molecule has 21 heavy (non-hydrogen) atoms. The Labute approximate surface area is 118 Å². The molecule has 0 aliphatic heterocycles. The highest BCUT2D eigenvalue weighted by Crippen LogP contribution is 2.18. The zero-order valence-electron chi connectivity index (χ0n) is 10.6. The Kier molecular flexibility index (Phi) is 5.27. The molecule has 0 saturated heterocycles. The normalized spacial score (nSPS) is 12.0. The minimum atomic E-state index is -5.08. The van der Waals surface area contributed by atoms with Gasteiger partial charge in [0, 0.05) is 0 Å². The molecule has 0 aliphatic rings. The molecular formula is C14H11F3N2O2. The minimum absolute atomic E-state index is 0.528. The average molecular weight is 296 g/mol. The summed E-state index contributed by atoms with van der Waals surface area (Å²) in [5, 5.41) is 18.1. The van der Waals surface area contributed by atoms with Crippen LogP contribution >= 0.6 is 0 Å². The highest BCUT2D eigenvalue weighted by atomic mass is 19.4. The number of nitriles is 1. The summed E-state index contributed by atoms with van der Waals surface area (Å²) in [5.74, 6) is -2.76. The number of fused-ring (bicyclic) bond motifs is 1. The quantitative estimate of drug-likeness (QED) is 0.846. The summed E-state index contributed by atoms with van der Waals surface area (Å²) in [5.41, 5.74) is 6.49. The fourth-order valence-electron chi connectivity index (χ4n) is 1.48. The van der Waals surface area contributed by atoms with Gasteiger partial charge in [-0.05, 0) is 22.4 Å². The second-order valence-electron chi connectivity index (χ2n) is 4.02. The molecule has 0 spiro atoms. The van der Waals surface area contributed by atoms with Crippen molar-refractivity contribution in [3.63, 3.8) is 0 Å². The van der Waals surface area contributed by atoms with Gasteiger partial charge in [-0.15, -0.1) is 0 Å². The van der Waals surface area contributed by atoms with Gasteiger partial charge in [0.2, 0.25) is 0 Å². The van der Waals surface area contributed by atoms with E-state index >= 15 is 0 Å². The Balaban J connectivity index is 0.000000270. The van der Waals surface area contributed by atoms with Gasteiger partial charge in [0.15, 0.2) is 0 Å². The lowest BCUT2D eigenvalue weighted by Crippen LogP contribution is -2.21.